The minimum atomic E-state index is -0.934. The summed E-state index contributed by atoms with van der Waals surface area (Å²) in [6.07, 6.45) is 0.0470. The zero-order chi connectivity index (χ0) is 11.4. The fourth-order valence-electron chi connectivity index (χ4n) is 0.801. The number of nitrogens with one attached hydrogen (secondary N) is 1. The second-order valence-corrected chi connectivity index (χ2v) is 4.78. The summed E-state index contributed by atoms with van der Waals surface area (Å²) in [5.74, 6) is -1.75. The summed E-state index contributed by atoms with van der Waals surface area (Å²) in [4.78, 5) is 21.7. The second-order valence-electron chi connectivity index (χ2n) is 4.78. The van der Waals surface area contributed by atoms with Crippen molar-refractivity contribution in [1.29, 1.82) is 0 Å². The topological polar surface area (TPSA) is 66.4 Å². The quantitative estimate of drug-likeness (QED) is 0.719. The molecule has 0 aliphatic carbocycles. The van der Waals surface area contributed by atoms with Gasteiger partial charge in [-0.25, -0.2) is 0 Å². The number of amides is 1. The van der Waals surface area contributed by atoms with Gasteiger partial charge in [0.1, 0.15) is 0 Å². The predicted octanol–water partition coefficient (Wildman–Crippen LogP) is 1.26. The molecule has 0 radical (unpaired) electrons. The number of hydrogen-bond acceptors (Lipinski definition) is 2. The molecule has 0 bridgehead atoms. The van der Waals surface area contributed by atoms with E-state index in [4.69, 9.17) is 5.11 Å². The van der Waals surface area contributed by atoms with E-state index in [0.717, 1.165) is 0 Å². The summed E-state index contributed by atoms with van der Waals surface area (Å²) in [6, 6.07) is 0. The molecule has 0 aliphatic rings. The minimum absolute atomic E-state index is 0.0299. The molecule has 0 rings (SSSR count). The molecule has 2 N–H and O–H groups in total. The SMILES string of the molecule is CC(CC(=O)NCC(C)(C)C)C(=O)O. The van der Waals surface area contributed by atoms with Gasteiger partial charge in [-0.05, 0) is 5.41 Å². The lowest BCUT2D eigenvalue weighted by atomic mass is 9.97. The Hall–Kier alpha value is -1.06. The summed E-state index contributed by atoms with van der Waals surface area (Å²) in [5.41, 5.74) is 0.0299. The van der Waals surface area contributed by atoms with E-state index >= 15 is 0 Å². The van der Waals surface area contributed by atoms with Crippen LogP contribution in [0.3, 0.4) is 0 Å². The first-order valence-electron chi connectivity index (χ1n) is 4.72. The Morgan fingerprint density at radius 2 is 1.86 bits per heavy atom. The number of hydrogen-bond donors (Lipinski definition) is 2. The Bertz CT molecular complexity index is 218. The molecule has 0 aliphatic heterocycles. The lowest BCUT2D eigenvalue weighted by molar-refractivity contribution is -0.143. The molecule has 0 saturated carbocycles. The number of carboxylic acids is 1. The van der Waals surface area contributed by atoms with Gasteiger partial charge in [-0.2, -0.15) is 0 Å². The van der Waals surface area contributed by atoms with Crippen LogP contribution in [0.15, 0.2) is 0 Å². The van der Waals surface area contributed by atoms with E-state index in [-0.39, 0.29) is 17.7 Å². The van der Waals surface area contributed by atoms with Crippen molar-refractivity contribution >= 4 is 11.9 Å². The summed E-state index contributed by atoms with van der Waals surface area (Å²) >= 11 is 0. The highest BCUT2D eigenvalue weighted by atomic mass is 16.4. The normalized spacial score (nSPS) is 13.4. The van der Waals surface area contributed by atoms with Crippen molar-refractivity contribution in [3.05, 3.63) is 0 Å². The monoisotopic (exact) mass is 201 g/mol. The van der Waals surface area contributed by atoms with Crippen LogP contribution in [0.2, 0.25) is 0 Å². The van der Waals surface area contributed by atoms with Crippen LogP contribution in [0, 0.1) is 11.3 Å². The van der Waals surface area contributed by atoms with Gasteiger partial charge in [0.2, 0.25) is 5.91 Å². The molecule has 0 saturated heterocycles. The van der Waals surface area contributed by atoms with Crippen molar-refractivity contribution in [1.82, 2.24) is 5.32 Å². The number of rotatable bonds is 4. The van der Waals surface area contributed by atoms with Crippen molar-refractivity contribution in [2.45, 2.75) is 34.1 Å². The van der Waals surface area contributed by atoms with Crippen LogP contribution >= 0.6 is 0 Å². The lowest BCUT2D eigenvalue weighted by Gasteiger charge is -2.19. The zero-order valence-corrected chi connectivity index (χ0v) is 9.26. The molecule has 0 aromatic heterocycles. The number of aliphatic carboxylic acids is 1. The highest BCUT2D eigenvalue weighted by Gasteiger charge is 2.17. The minimum Gasteiger partial charge on any atom is -0.481 e. The Balaban J connectivity index is 3.83. The third-order valence-electron chi connectivity index (χ3n) is 1.73. The standard InChI is InChI=1S/C10H19NO3/c1-7(9(13)14)5-8(12)11-6-10(2,3)4/h7H,5-6H2,1-4H3,(H,11,12)(H,13,14). The molecule has 1 unspecified atom stereocenters. The van der Waals surface area contributed by atoms with Gasteiger partial charge in [0.15, 0.2) is 0 Å². The number of carboxylic acid groups (broad SMARTS) is 1. The molecule has 0 heterocycles. The molecular formula is C10H19NO3. The van der Waals surface area contributed by atoms with Crippen LogP contribution in [-0.4, -0.2) is 23.5 Å². The Kier molecular flexibility index (Phi) is 4.60. The Morgan fingerprint density at radius 1 is 1.36 bits per heavy atom. The molecule has 0 aromatic rings. The van der Waals surface area contributed by atoms with E-state index in [1.165, 1.54) is 6.92 Å². The van der Waals surface area contributed by atoms with Crippen LogP contribution < -0.4 is 5.32 Å². The van der Waals surface area contributed by atoms with Crippen LogP contribution in [0.4, 0.5) is 0 Å². The Labute approximate surface area is 84.7 Å². The van der Waals surface area contributed by atoms with E-state index in [1.54, 1.807) is 0 Å². The average molecular weight is 201 g/mol. The van der Waals surface area contributed by atoms with Crippen LogP contribution in [0.5, 0.6) is 0 Å². The molecule has 0 aromatic carbocycles. The van der Waals surface area contributed by atoms with Gasteiger partial charge < -0.3 is 10.4 Å². The highest BCUT2D eigenvalue weighted by molar-refractivity contribution is 5.81. The maximum Gasteiger partial charge on any atom is 0.306 e. The summed E-state index contributed by atoms with van der Waals surface area (Å²) in [5, 5.41) is 11.3. The summed E-state index contributed by atoms with van der Waals surface area (Å²) < 4.78 is 0. The first-order valence-corrected chi connectivity index (χ1v) is 4.72. The number of carbonyl (C=O) groups excluding carboxylic acids is 1. The average Bonchev–Trinajstić information content (AvgIpc) is 1.99. The lowest BCUT2D eigenvalue weighted by Crippen LogP contribution is -2.33. The van der Waals surface area contributed by atoms with Crippen molar-refractivity contribution in [3.8, 4) is 0 Å². The Morgan fingerprint density at radius 3 is 2.21 bits per heavy atom. The van der Waals surface area contributed by atoms with Gasteiger partial charge in [-0.15, -0.1) is 0 Å². The van der Waals surface area contributed by atoms with Crippen LogP contribution in [0.1, 0.15) is 34.1 Å². The zero-order valence-electron chi connectivity index (χ0n) is 9.26. The summed E-state index contributed by atoms with van der Waals surface area (Å²) in [7, 11) is 0. The van der Waals surface area contributed by atoms with Gasteiger partial charge in [0.05, 0.1) is 5.92 Å². The fraction of sp³-hybridized carbons (Fsp3) is 0.800. The second kappa shape index (κ2) is 4.98. The van der Waals surface area contributed by atoms with Gasteiger partial charge >= 0.3 is 5.97 Å². The molecule has 82 valence electrons. The van der Waals surface area contributed by atoms with Gasteiger partial charge in [0.25, 0.3) is 0 Å². The van der Waals surface area contributed by atoms with E-state index in [9.17, 15) is 9.59 Å². The molecule has 1 atom stereocenters. The molecule has 14 heavy (non-hydrogen) atoms. The van der Waals surface area contributed by atoms with Crippen molar-refractivity contribution in [2.24, 2.45) is 11.3 Å². The molecule has 4 heteroatoms. The van der Waals surface area contributed by atoms with Crippen molar-refractivity contribution in [3.63, 3.8) is 0 Å². The third-order valence-corrected chi connectivity index (χ3v) is 1.73. The smallest absolute Gasteiger partial charge is 0.306 e. The maximum absolute atomic E-state index is 11.2. The van der Waals surface area contributed by atoms with Gasteiger partial charge in [-0.1, -0.05) is 27.7 Å². The first-order chi connectivity index (χ1) is 6.22. The van der Waals surface area contributed by atoms with E-state index in [0.29, 0.717) is 6.54 Å². The largest absolute Gasteiger partial charge is 0.481 e. The van der Waals surface area contributed by atoms with Gasteiger partial charge in [0, 0.05) is 13.0 Å². The fourth-order valence-corrected chi connectivity index (χ4v) is 0.801. The molecule has 1 amide bonds. The predicted molar refractivity (Wildman–Crippen MR) is 53.9 cm³/mol. The molecule has 4 nitrogen and oxygen atoms in total. The third kappa shape index (κ3) is 6.46. The molecule has 0 fully saturated rings. The van der Waals surface area contributed by atoms with E-state index in [1.807, 2.05) is 20.8 Å². The van der Waals surface area contributed by atoms with Gasteiger partial charge in [-0.3, -0.25) is 9.59 Å². The number of carbonyl (C=O) groups is 2. The van der Waals surface area contributed by atoms with Crippen molar-refractivity contribution < 1.29 is 14.7 Å². The van der Waals surface area contributed by atoms with Crippen LogP contribution in [-0.2, 0) is 9.59 Å². The first kappa shape index (κ1) is 12.9. The maximum atomic E-state index is 11.2. The van der Waals surface area contributed by atoms with Crippen LogP contribution in [0.25, 0.3) is 0 Å². The summed E-state index contributed by atoms with van der Waals surface area (Å²) in [6.45, 7) is 8.12. The highest BCUT2D eigenvalue weighted by Crippen LogP contribution is 2.10. The van der Waals surface area contributed by atoms with Crippen molar-refractivity contribution in [2.75, 3.05) is 6.54 Å². The van der Waals surface area contributed by atoms with E-state index < -0.39 is 11.9 Å². The molecular weight excluding hydrogens is 182 g/mol. The molecule has 0 spiro atoms. The van der Waals surface area contributed by atoms with E-state index in [2.05, 4.69) is 5.32 Å².